The van der Waals surface area contributed by atoms with Gasteiger partial charge in [-0.05, 0) is 12.1 Å². The monoisotopic (exact) mass is 352 g/mol. The quantitative estimate of drug-likeness (QED) is 0.812. The molecule has 2 rings (SSSR count). The van der Waals surface area contributed by atoms with Crippen LogP contribution in [0.2, 0.25) is 0 Å². The Balaban J connectivity index is 2.31. The maximum Gasteiger partial charge on any atom is 0.243 e. The maximum atomic E-state index is 12.5. The van der Waals surface area contributed by atoms with E-state index in [0.29, 0.717) is 18.0 Å². The van der Waals surface area contributed by atoms with Gasteiger partial charge in [-0.15, -0.1) is 11.3 Å². The second kappa shape index (κ2) is 6.71. The average Bonchev–Trinajstić information content (AvgIpc) is 2.98. The summed E-state index contributed by atoms with van der Waals surface area (Å²) in [6.45, 7) is 11.0. The van der Waals surface area contributed by atoms with Gasteiger partial charge in [0.25, 0.3) is 0 Å². The Morgan fingerprint density at radius 1 is 1.09 bits per heavy atom. The van der Waals surface area contributed by atoms with Crippen LogP contribution in [0.4, 0.5) is 0 Å². The first kappa shape index (κ1) is 18.1. The van der Waals surface area contributed by atoms with Gasteiger partial charge in [-0.3, -0.25) is 0 Å². The molecule has 0 aliphatic carbocycles. The normalized spacial score (nSPS) is 12.8. The summed E-state index contributed by atoms with van der Waals surface area (Å²) < 4.78 is 26.4. The summed E-state index contributed by atoms with van der Waals surface area (Å²) in [6, 6.07) is 6.99. The van der Waals surface area contributed by atoms with Crippen LogP contribution in [0.15, 0.2) is 34.5 Å². The van der Waals surface area contributed by atoms with Crippen molar-refractivity contribution in [2.75, 3.05) is 13.1 Å². The summed E-state index contributed by atoms with van der Waals surface area (Å²) in [5, 5.41) is 3.10. The van der Waals surface area contributed by atoms with E-state index < -0.39 is 10.0 Å². The number of hydrogen-bond donors (Lipinski definition) is 0. The van der Waals surface area contributed by atoms with Crippen molar-refractivity contribution in [2.45, 2.75) is 44.9 Å². The van der Waals surface area contributed by atoms with Crippen LogP contribution in [0.5, 0.6) is 0 Å². The van der Waals surface area contributed by atoms with Crippen molar-refractivity contribution in [1.82, 2.24) is 9.29 Å². The third-order valence-electron chi connectivity index (χ3n) is 3.64. The second-order valence-electron chi connectivity index (χ2n) is 6.40. The maximum absolute atomic E-state index is 12.5. The van der Waals surface area contributed by atoms with E-state index in [-0.39, 0.29) is 5.41 Å². The summed E-state index contributed by atoms with van der Waals surface area (Å²) in [4.78, 5) is 5.00. The molecular weight excluding hydrogens is 328 g/mol. The highest BCUT2D eigenvalue weighted by molar-refractivity contribution is 7.89. The van der Waals surface area contributed by atoms with Crippen molar-refractivity contribution in [2.24, 2.45) is 0 Å². The summed E-state index contributed by atoms with van der Waals surface area (Å²) in [5.74, 6) is 0. The topological polar surface area (TPSA) is 50.3 Å². The number of thiazole rings is 1. The second-order valence-corrected chi connectivity index (χ2v) is 9.20. The first-order valence-corrected chi connectivity index (χ1v) is 10.1. The fourth-order valence-electron chi connectivity index (χ4n) is 2.26. The molecule has 2 aromatic rings. The molecule has 4 nitrogen and oxygen atoms in total. The molecule has 0 aliphatic heterocycles. The Morgan fingerprint density at radius 2 is 1.65 bits per heavy atom. The van der Waals surface area contributed by atoms with Crippen molar-refractivity contribution in [3.05, 3.63) is 34.7 Å². The van der Waals surface area contributed by atoms with E-state index in [9.17, 15) is 8.42 Å². The van der Waals surface area contributed by atoms with Gasteiger partial charge in [0, 0.05) is 29.4 Å². The van der Waals surface area contributed by atoms with Crippen molar-refractivity contribution < 1.29 is 8.42 Å². The highest BCUT2D eigenvalue weighted by Gasteiger charge is 2.22. The van der Waals surface area contributed by atoms with Gasteiger partial charge in [-0.1, -0.05) is 46.8 Å². The Labute approximate surface area is 143 Å². The lowest BCUT2D eigenvalue weighted by Crippen LogP contribution is -2.30. The van der Waals surface area contributed by atoms with Gasteiger partial charge in [-0.25, -0.2) is 13.4 Å². The molecule has 1 heterocycles. The molecule has 0 radical (unpaired) electrons. The zero-order valence-corrected chi connectivity index (χ0v) is 16.0. The Bertz CT molecular complexity index is 753. The van der Waals surface area contributed by atoms with Crippen LogP contribution in [0.3, 0.4) is 0 Å². The van der Waals surface area contributed by atoms with Crippen LogP contribution in [-0.2, 0) is 15.4 Å². The molecule has 0 fully saturated rings. The van der Waals surface area contributed by atoms with Crippen molar-refractivity contribution >= 4 is 21.4 Å². The highest BCUT2D eigenvalue weighted by atomic mass is 32.2. The molecule has 0 atom stereocenters. The van der Waals surface area contributed by atoms with Crippen LogP contribution in [0.25, 0.3) is 11.3 Å². The molecule has 0 saturated heterocycles. The molecule has 1 aromatic carbocycles. The fourth-order valence-corrected chi connectivity index (χ4v) is 4.64. The molecule has 0 N–H and O–H groups in total. The molecule has 0 bridgehead atoms. The summed E-state index contributed by atoms with van der Waals surface area (Å²) in [6.07, 6.45) is 0. The van der Waals surface area contributed by atoms with Crippen molar-refractivity contribution in [1.29, 1.82) is 0 Å². The third kappa shape index (κ3) is 3.82. The number of rotatable bonds is 5. The zero-order chi connectivity index (χ0) is 17.3. The SMILES string of the molecule is CCN(CC)S(=O)(=O)c1ccc(-c2csc(C(C)(C)C)n2)cc1. The van der Waals surface area contributed by atoms with E-state index in [2.05, 4.69) is 25.8 Å². The minimum absolute atomic E-state index is 0.0228. The van der Waals surface area contributed by atoms with Crippen molar-refractivity contribution in [3.8, 4) is 11.3 Å². The first-order valence-electron chi connectivity index (χ1n) is 7.76. The fraction of sp³-hybridized carbons (Fsp3) is 0.471. The third-order valence-corrected chi connectivity index (χ3v) is 6.97. The molecule has 6 heteroatoms. The predicted molar refractivity (Wildman–Crippen MR) is 96.4 cm³/mol. The Kier molecular flexibility index (Phi) is 5.28. The van der Waals surface area contributed by atoms with Crippen LogP contribution in [-0.4, -0.2) is 30.8 Å². The van der Waals surface area contributed by atoms with Gasteiger partial charge >= 0.3 is 0 Å². The van der Waals surface area contributed by atoms with E-state index >= 15 is 0 Å². The van der Waals surface area contributed by atoms with E-state index in [0.717, 1.165) is 16.3 Å². The number of sulfonamides is 1. The number of aromatic nitrogens is 1. The number of benzene rings is 1. The van der Waals surface area contributed by atoms with Crippen LogP contribution in [0, 0.1) is 0 Å². The van der Waals surface area contributed by atoms with Gasteiger partial charge in [0.1, 0.15) is 0 Å². The van der Waals surface area contributed by atoms with Crippen LogP contribution in [0.1, 0.15) is 39.6 Å². The predicted octanol–water partition coefficient (Wildman–Crippen LogP) is 4.14. The molecule has 0 amide bonds. The standard InChI is InChI=1S/C17H24N2O2S2/c1-6-19(7-2)23(20,21)14-10-8-13(9-11-14)15-12-22-16(18-15)17(3,4)5/h8-12H,6-7H2,1-5H3. The lowest BCUT2D eigenvalue weighted by atomic mass is 9.98. The summed E-state index contributed by atoms with van der Waals surface area (Å²) in [7, 11) is -3.40. The average molecular weight is 353 g/mol. The van der Waals surface area contributed by atoms with Gasteiger partial charge in [0.15, 0.2) is 0 Å². The summed E-state index contributed by atoms with van der Waals surface area (Å²) in [5.41, 5.74) is 1.86. The first-order chi connectivity index (χ1) is 10.7. The van der Waals surface area contributed by atoms with E-state index in [1.54, 1.807) is 23.5 Å². The molecular formula is C17H24N2O2S2. The largest absolute Gasteiger partial charge is 0.243 e. The van der Waals surface area contributed by atoms with Crippen molar-refractivity contribution in [3.63, 3.8) is 0 Å². The molecule has 126 valence electrons. The molecule has 0 spiro atoms. The molecule has 1 aromatic heterocycles. The smallest absolute Gasteiger partial charge is 0.241 e. The molecule has 0 aliphatic rings. The van der Waals surface area contributed by atoms with E-state index in [1.807, 2.05) is 31.4 Å². The van der Waals surface area contributed by atoms with E-state index in [4.69, 9.17) is 0 Å². The number of hydrogen-bond acceptors (Lipinski definition) is 4. The lowest BCUT2D eigenvalue weighted by molar-refractivity contribution is 0.445. The number of nitrogens with zero attached hydrogens (tertiary/aromatic N) is 2. The van der Waals surface area contributed by atoms with Gasteiger partial charge in [0.05, 0.1) is 15.6 Å². The lowest BCUT2D eigenvalue weighted by Gasteiger charge is -2.18. The van der Waals surface area contributed by atoms with Crippen LogP contribution >= 0.6 is 11.3 Å². The molecule has 0 saturated carbocycles. The Hall–Kier alpha value is -1.24. The van der Waals surface area contributed by atoms with Gasteiger partial charge in [0.2, 0.25) is 10.0 Å². The summed E-state index contributed by atoms with van der Waals surface area (Å²) >= 11 is 1.64. The zero-order valence-electron chi connectivity index (χ0n) is 14.3. The Morgan fingerprint density at radius 3 is 2.09 bits per heavy atom. The molecule has 0 unspecified atom stereocenters. The van der Waals surface area contributed by atoms with Crippen LogP contribution < -0.4 is 0 Å². The molecule has 23 heavy (non-hydrogen) atoms. The van der Waals surface area contributed by atoms with E-state index in [1.165, 1.54) is 4.31 Å². The highest BCUT2D eigenvalue weighted by Crippen LogP contribution is 2.30. The van der Waals surface area contributed by atoms with Gasteiger partial charge in [-0.2, -0.15) is 4.31 Å². The minimum atomic E-state index is -3.40. The minimum Gasteiger partial charge on any atom is -0.241 e. The van der Waals surface area contributed by atoms with Gasteiger partial charge < -0.3 is 0 Å².